The van der Waals surface area contributed by atoms with Gasteiger partial charge in [-0.3, -0.25) is 9.69 Å². The van der Waals surface area contributed by atoms with Crippen LogP contribution in [0.25, 0.3) is 0 Å². The molecule has 4 heteroatoms. The lowest BCUT2D eigenvalue weighted by Gasteiger charge is -2.28. The normalized spacial score (nSPS) is 16.3. The van der Waals surface area contributed by atoms with Gasteiger partial charge in [-0.2, -0.15) is 0 Å². The summed E-state index contributed by atoms with van der Waals surface area (Å²) in [7, 11) is 0. The van der Waals surface area contributed by atoms with Crippen LogP contribution in [0.4, 0.5) is 0 Å². The van der Waals surface area contributed by atoms with Gasteiger partial charge < -0.3 is 11.1 Å². The molecule has 21 heavy (non-hydrogen) atoms. The van der Waals surface area contributed by atoms with Gasteiger partial charge in [0, 0.05) is 26.2 Å². The molecule has 0 saturated carbocycles. The van der Waals surface area contributed by atoms with E-state index in [1.807, 2.05) is 6.92 Å². The fourth-order valence-corrected chi connectivity index (χ4v) is 2.83. The molecule has 1 aromatic rings. The van der Waals surface area contributed by atoms with Crippen LogP contribution < -0.4 is 11.1 Å². The van der Waals surface area contributed by atoms with Crippen molar-refractivity contribution in [3.63, 3.8) is 0 Å². The molecule has 116 valence electrons. The molecule has 1 heterocycles. The minimum absolute atomic E-state index is 0.0131. The van der Waals surface area contributed by atoms with E-state index in [1.165, 1.54) is 11.1 Å². The fourth-order valence-electron chi connectivity index (χ4n) is 2.83. The highest BCUT2D eigenvalue weighted by Gasteiger charge is 2.15. The quantitative estimate of drug-likeness (QED) is 0.751. The Morgan fingerprint density at radius 2 is 2.14 bits per heavy atom. The number of hydrogen-bond acceptors (Lipinski definition) is 3. The third kappa shape index (κ3) is 4.83. The second-order valence-electron chi connectivity index (χ2n) is 5.83. The highest BCUT2D eigenvalue weighted by molar-refractivity contribution is 5.81. The summed E-state index contributed by atoms with van der Waals surface area (Å²) in [6, 6.07) is 8.31. The van der Waals surface area contributed by atoms with Crippen molar-refractivity contribution in [2.75, 3.05) is 19.6 Å². The van der Waals surface area contributed by atoms with Crippen LogP contribution in [0.3, 0.4) is 0 Å². The topological polar surface area (TPSA) is 58.4 Å². The van der Waals surface area contributed by atoms with Crippen molar-refractivity contribution < 1.29 is 4.79 Å². The van der Waals surface area contributed by atoms with Gasteiger partial charge in [0.05, 0.1) is 6.04 Å². The summed E-state index contributed by atoms with van der Waals surface area (Å²) in [5.41, 5.74) is 8.71. The Morgan fingerprint density at radius 3 is 2.90 bits per heavy atom. The first-order chi connectivity index (χ1) is 10.2. The Bertz CT molecular complexity index is 461. The van der Waals surface area contributed by atoms with Crippen molar-refractivity contribution in [3.05, 3.63) is 35.4 Å². The van der Waals surface area contributed by atoms with Gasteiger partial charge in [0.1, 0.15) is 0 Å². The summed E-state index contributed by atoms with van der Waals surface area (Å²) in [6.45, 7) is 5.92. The van der Waals surface area contributed by atoms with Crippen LogP contribution in [-0.2, 0) is 17.8 Å². The molecule has 0 aliphatic carbocycles. The molecule has 0 saturated heterocycles. The first-order valence-electron chi connectivity index (χ1n) is 8.03. The smallest absolute Gasteiger partial charge is 0.236 e. The molecular formula is C17H27N3O. The fraction of sp³-hybridized carbons (Fsp3) is 0.588. The standard InChI is InChI=1S/C17H27N3O/c1-2-6-16(18)17(21)19-10-5-11-20-12-9-14-7-3-4-8-15(14)13-20/h3-4,7-8,16H,2,5-6,9-13,18H2,1H3,(H,19,21). The number of amides is 1. The van der Waals surface area contributed by atoms with Crippen molar-refractivity contribution >= 4 is 5.91 Å². The van der Waals surface area contributed by atoms with Gasteiger partial charge in [0.2, 0.25) is 5.91 Å². The molecule has 0 radical (unpaired) electrons. The van der Waals surface area contributed by atoms with E-state index in [4.69, 9.17) is 5.73 Å². The predicted octanol–water partition coefficient (Wildman–Crippen LogP) is 1.68. The van der Waals surface area contributed by atoms with Crippen LogP contribution in [0.1, 0.15) is 37.3 Å². The molecule has 0 aromatic heterocycles. The Morgan fingerprint density at radius 1 is 1.38 bits per heavy atom. The number of fused-ring (bicyclic) bond motifs is 1. The largest absolute Gasteiger partial charge is 0.355 e. The Kier molecular flexibility index (Phi) is 6.21. The van der Waals surface area contributed by atoms with Gasteiger partial charge in [-0.15, -0.1) is 0 Å². The second-order valence-corrected chi connectivity index (χ2v) is 5.83. The van der Waals surface area contributed by atoms with Gasteiger partial charge in [0.25, 0.3) is 0 Å². The number of rotatable bonds is 7. The van der Waals surface area contributed by atoms with E-state index >= 15 is 0 Å². The molecule has 1 atom stereocenters. The van der Waals surface area contributed by atoms with Crippen LogP contribution in [0.15, 0.2) is 24.3 Å². The summed E-state index contributed by atoms with van der Waals surface area (Å²) in [5, 5.41) is 2.94. The monoisotopic (exact) mass is 289 g/mol. The summed E-state index contributed by atoms with van der Waals surface area (Å²) >= 11 is 0. The zero-order valence-electron chi connectivity index (χ0n) is 13.0. The SMILES string of the molecule is CCCC(N)C(=O)NCCCN1CCc2ccccc2C1. The highest BCUT2D eigenvalue weighted by atomic mass is 16.2. The number of carbonyl (C=O) groups excluding carboxylic acids is 1. The van der Waals surface area contributed by atoms with Crippen LogP contribution in [0, 0.1) is 0 Å². The van der Waals surface area contributed by atoms with Crippen molar-refractivity contribution in [3.8, 4) is 0 Å². The number of nitrogens with zero attached hydrogens (tertiary/aromatic N) is 1. The molecule has 4 nitrogen and oxygen atoms in total. The summed E-state index contributed by atoms with van der Waals surface area (Å²) in [4.78, 5) is 14.2. The van der Waals surface area contributed by atoms with Crippen molar-refractivity contribution in [1.82, 2.24) is 10.2 Å². The molecule has 2 rings (SSSR count). The molecule has 1 unspecified atom stereocenters. The van der Waals surface area contributed by atoms with Crippen molar-refractivity contribution in [2.45, 2.75) is 45.2 Å². The lowest BCUT2D eigenvalue weighted by molar-refractivity contribution is -0.122. The zero-order chi connectivity index (χ0) is 15.1. The van der Waals surface area contributed by atoms with E-state index in [9.17, 15) is 4.79 Å². The van der Waals surface area contributed by atoms with Crippen LogP contribution in [-0.4, -0.2) is 36.5 Å². The lowest BCUT2D eigenvalue weighted by atomic mass is 10.00. The zero-order valence-corrected chi connectivity index (χ0v) is 13.0. The Hall–Kier alpha value is -1.39. The highest BCUT2D eigenvalue weighted by Crippen LogP contribution is 2.18. The molecule has 0 spiro atoms. The third-order valence-electron chi connectivity index (χ3n) is 4.10. The molecule has 3 N–H and O–H groups in total. The molecule has 1 aromatic carbocycles. The maximum atomic E-state index is 11.7. The number of nitrogens with one attached hydrogen (secondary N) is 1. The first-order valence-corrected chi connectivity index (χ1v) is 8.03. The molecule has 0 bridgehead atoms. The third-order valence-corrected chi connectivity index (χ3v) is 4.10. The van der Waals surface area contributed by atoms with Gasteiger partial charge in [-0.05, 0) is 30.4 Å². The lowest BCUT2D eigenvalue weighted by Crippen LogP contribution is -2.41. The second kappa shape index (κ2) is 8.15. The first kappa shape index (κ1) is 16.0. The minimum atomic E-state index is -0.350. The van der Waals surface area contributed by atoms with Crippen LogP contribution in [0.5, 0.6) is 0 Å². The Balaban J connectivity index is 1.65. The molecule has 1 amide bonds. The maximum Gasteiger partial charge on any atom is 0.236 e. The average molecular weight is 289 g/mol. The summed E-state index contributed by atoms with van der Waals surface area (Å²) < 4.78 is 0. The maximum absolute atomic E-state index is 11.7. The molecule has 0 fully saturated rings. The number of carbonyl (C=O) groups is 1. The van der Waals surface area contributed by atoms with Crippen molar-refractivity contribution in [2.24, 2.45) is 5.73 Å². The average Bonchev–Trinajstić information content (AvgIpc) is 2.51. The summed E-state index contributed by atoms with van der Waals surface area (Å²) in [5.74, 6) is -0.0131. The van der Waals surface area contributed by atoms with E-state index in [1.54, 1.807) is 0 Å². The predicted molar refractivity (Wildman–Crippen MR) is 85.9 cm³/mol. The van der Waals surface area contributed by atoms with Gasteiger partial charge in [-0.1, -0.05) is 37.6 Å². The van der Waals surface area contributed by atoms with Crippen molar-refractivity contribution in [1.29, 1.82) is 0 Å². The van der Waals surface area contributed by atoms with Crippen LogP contribution >= 0.6 is 0 Å². The van der Waals surface area contributed by atoms with Crippen LogP contribution in [0.2, 0.25) is 0 Å². The minimum Gasteiger partial charge on any atom is -0.355 e. The summed E-state index contributed by atoms with van der Waals surface area (Å²) in [6.07, 6.45) is 3.81. The van der Waals surface area contributed by atoms with E-state index in [0.29, 0.717) is 6.54 Å². The number of hydrogen-bond donors (Lipinski definition) is 2. The van der Waals surface area contributed by atoms with E-state index < -0.39 is 0 Å². The molecule has 1 aliphatic heterocycles. The van der Waals surface area contributed by atoms with E-state index in [2.05, 4.69) is 34.5 Å². The number of benzene rings is 1. The Labute approximate surface area is 127 Å². The van der Waals surface area contributed by atoms with E-state index in [0.717, 1.165) is 45.3 Å². The molecular weight excluding hydrogens is 262 g/mol. The van der Waals surface area contributed by atoms with Gasteiger partial charge in [-0.25, -0.2) is 0 Å². The number of nitrogens with two attached hydrogens (primary N) is 1. The van der Waals surface area contributed by atoms with Gasteiger partial charge in [0.15, 0.2) is 0 Å². The van der Waals surface area contributed by atoms with Gasteiger partial charge >= 0.3 is 0 Å². The van der Waals surface area contributed by atoms with E-state index in [-0.39, 0.29) is 11.9 Å². The molecule has 1 aliphatic rings.